The number of benzene rings is 1. The minimum atomic E-state index is 0. The molecule has 1 aromatic carbocycles. The van der Waals surface area contributed by atoms with Gasteiger partial charge in [0.1, 0.15) is 5.75 Å². The van der Waals surface area contributed by atoms with E-state index in [1.807, 2.05) is 48.5 Å². The van der Waals surface area contributed by atoms with Crippen molar-refractivity contribution >= 4 is 29.9 Å². The van der Waals surface area contributed by atoms with E-state index in [0.29, 0.717) is 13.2 Å². The second kappa shape index (κ2) is 12.6. The molecule has 24 heavy (non-hydrogen) atoms. The SMILES string of the molecule is CCNC(=NCc1ccccn1)NCCCOc1ccccc1.I. The van der Waals surface area contributed by atoms with Crippen LogP contribution < -0.4 is 15.4 Å². The summed E-state index contributed by atoms with van der Waals surface area (Å²) in [5, 5.41) is 6.54. The monoisotopic (exact) mass is 440 g/mol. The summed E-state index contributed by atoms with van der Waals surface area (Å²) in [5.74, 6) is 1.71. The summed E-state index contributed by atoms with van der Waals surface area (Å²) in [7, 11) is 0. The van der Waals surface area contributed by atoms with Gasteiger partial charge < -0.3 is 15.4 Å². The number of ether oxygens (including phenoxy) is 1. The maximum Gasteiger partial charge on any atom is 0.191 e. The highest BCUT2D eigenvalue weighted by molar-refractivity contribution is 14.0. The summed E-state index contributed by atoms with van der Waals surface area (Å²) in [6, 6.07) is 15.7. The Morgan fingerprint density at radius 2 is 1.88 bits per heavy atom. The van der Waals surface area contributed by atoms with Gasteiger partial charge in [-0.05, 0) is 37.6 Å². The molecule has 0 bridgehead atoms. The minimum absolute atomic E-state index is 0. The molecule has 0 unspecified atom stereocenters. The van der Waals surface area contributed by atoms with Gasteiger partial charge in [0.25, 0.3) is 0 Å². The fourth-order valence-electron chi connectivity index (χ4n) is 1.98. The molecule has 5 nitrogen and oxygen atoms in total. The van der Waals surface area contributed by atoms with Crippen LogP contribution in [0, 0.1) is 0 Å². The van der Waals surface area contributed by atoms with Crippen molar-refractivity contribution in [2.24, 2.45) is 4.99 Å². The van der Waals surface area contributed by atoms with Crippen molar-refractivity contribution in [2.45, 2.75) is 19.9 Å². The Morgan fingerprint density at radius 3 is 2.58 bits per heavy atom. The average Bonchev–Trinajstić information content (AvgIpc) is 2.61. The van der Waals surface area contributed by atoms with Crippen molar-refractivity contribution in [1.29, 1.82) is 0 Å². The summed E-state index contributed by atoms with van der Waals surface area (Å²) >= 11 is 0. The van der Waals surface area contributed by atoms with Crippen molar-refractivity contribution in [1.82, 2.24) is 15.6 Å². The van der Waals surface area contributed by atoms with Crippen molar-refractivity contribution in [3.8, 4) is 5.75 Å². The first-order valence-electron chi connectivity index (χ1n) is 7.98. The number of hydrogen-bond acceptors (Lipinski definition) is 3. The van der Waals surface area contributed by atoms with Crippen molar-refractivity contribution in [2.75, 3.05) is 19.7 Å². The van der Waals surface area contributed by atoms with Crippen LogP contribution in [0.1, 0.15) is 19.0 Å². The lowest BCUT2D eigenvalue weighted by Crippen LogP contribution is -2.38. The maximum absolute atomic E-state index is 5.67. The van der Waals surface area contributed by atoms with Crippen LogP contribution in [0.3, 0.4) is 0 Å². The Bertz CT molecular complexity index is 578. The molecule has 0 aliphatic carbocycles. The van der Waals surface area contributed by atoms with Gasteiger partial charge in [0.2, 0.25) is 0 Å². The van der Waals surface area contributed by atoms with Gasteiger partial charge in [-0.3, -0.25) is 4.98 Å². The molecule has 2 aromatic rings. The van der Waals surface area contributed by atoms with Gasteiger partial charge in [-0.2, -0.15) is 0 Å². The van der Waals surface area contributed by atoms with E-state index in [1.54, 1.807) is 6.20 Å². The highest BCUT2D eigenvalue weighted by atomic mass is 127. The zero-order valence-corrected chi connectivity index (χ0v) is 16.3. The van der Waals surface area contributed by atoms with Crippen LogP contribution in [0.25, 0.3) is 0 Å². The van der Waals surface area contributed by atoms with Crippen LogP contribution in [-0.4, -0.2) is 30.6 Å². The third-order valence-electron chi connectivity index (χ3n) is 3.10. The molecule has 1 aromatic heterocycles. The Morgan fingerprint density at radius 1 is 1.08 bits per heavy atom. The van der Waals surface area contributed by atoms with Gasteiger partial charge in [0.05, 0.1) is 18.8 Å². The number of nitrogens with zero attached hydrogens (tertiary/aromatic N) is 2. The molecular weight excluding hydrogens is 415 g/mol. The van der Waals surface area contributed by atoms with Crippen LogP contribution >= 0.6 is 24.0 Å². The number of nitrogens with one attached hydrogen (secondary N) is 2. The molecule has 0 aliphatic heterocycles. The first-order valence-corrected chi connectivity index (χ1v) is 7.98. The van der Waals surface area contributed by atoms with E-state index in [4.69, 9.17) is 4.74 Å². The molecule has 2 N–H and O–H groups in total. The highest BCUT2D eigenvalue weighted by Gasteiger charge is 1.98. The number of hydrogen-bond donors (Lipinski definition) is 2. The third kappa shape index (κ3) is 8.14. The molecule has 1 heterocycles. The van der Waals surface area contributed by atoms with Crippen LogP contribution in [0.2, 0.25) is 0 Å². The van der Waals surface area contributed by atoms with Gasteiger partial charge in [0.15, 0.2) is 5.96 Å². The lowest BCUT2D eigenvalue weighted by molar-refractivity contribution is 0.311. The van der Waals surface area contributed by atoms with E-state index < -0.39 is 0 Å². The van der Waals surface area contributed by atoms with E-state index in [1.165, 1.54) is 0 Å². The molecule has 0 saturated heterocycles. The van der Waals surface area contributed by atoms with E-state index in [9.17, 15) is 0 Å². The van der Waals surface area contributed by atoms with Crippen molar-refractivity contribution in [3.63, 3.8) is 0 Å². The Balaban J connectivity index is 0.00000288. The molecule has 130 valence electrons. The smallest absolute Gasteiger partial charge is 0.191 e. The largest absolute Gasteiger partial charge is 0.494 e. The lowest BCUT2D eigenvalue weighted by Gasteiger charge is -2.11. The number of rotatable bonds is 8. The lowest BCUT2D eigenvalue weighted by atomic mass is 10.3. The zero-order chi connectivity index (χ0) is 16.2. The number of halogens is 1. The minimum Gasteiger partial charge on any atom is -0.494 e. The Kier molecular flexibility index (Phi) is 10.6. The quantitative estimate of drug-likeness (QED) is 0.287. The predicted molar refractivity (Wildman–Crippen MR) is 109 cm³/mol. The van der Waals surface area contributed by atoms with Gasteiger partial charge in [-0.15, -0.1) is 24.0 Å². The van der Waals surface area contributed by atoms with Gasteiger partial charge >= 0.3 is 0 Å². The number of aliphatic imine (C=N–C) groups is 1. The molecule has 0 saturated carbocycles. The molecule has 0 amide bonds. The van der Waals surface area contributed by atoms with Crippen LogP contribution in [-0.2, 0) is 6.54 Å². The second-order valence-corrected chi connectivity index (χ2v) is 4.96. The summed E-state index contributed by atoms with van der Waals surface area (Å²) in [5.41, 5.74) is 0.956. The van der Waals surface area contributed by atoms with E-state index in [-0.39, 0.29) is 24.0 Å². The highest BCUT2D eigenvalue weighted by Crippen LogP contribution is 2.07. The second-order valence-electron chi connectivity index (χ2n) is 4.96. The van der Waals surface area contributed by atoms with Gasteiger partial charge in [-0.1, -0.05) is 24.3 Å². The van der Waals surface area contributed by atoms with Crippen molar-refractivity contribution < 1.29 is 4.74 Å². The number of para-hydroxylation sites is 1. The molecular formula is C18H25IN4O. The van der Waals surface area contributed by atoms with Crippen molar-refractivity contribution in [3.05, 3.63) is 60.4 Å². The number of guanidine groups is 1. The van der Waals surface area contributed by atoms with E-state index >= 15 is 0 Å². The summed E-state index contributed by atoms with van der Waals surface area (Å²) < 4.78 is 5.67. The molecule has 0 fully saturated rings. The molecule has 2 rings (SSSR count). The first-order chi connectivity index (χ1) is 11.4. The maximum atomic E-state index is 5.67. The molecule has 0 aliphatic rings. The number of aromatic nitrogens is 1. The van der Waals surface area contributed by atoms with Crippen LogP contribution in [0.5, 0.6) is 5.75 Å². The first kappa shape index (κ1) is 20.2. The molecule has 6 heteroatoms. The number of pyridine rings is 1. The van der Waals surface area contributed by atoms with Gasteiger partial charge in [-0.25, -0.2) is 4.99 Å². The Labute approximate surface area is 161 Å². The summed E-state index contributed by atoms with van der Waals surface area (Å²) in [6.07, 6.45) is 2.69. The fourth-order valence-corrected chi connectivity index (χ4v) is 1.98. The van der Waals surface area contributed by atoms with E-state index in [0.717, 1.165) is 36.9 Å². The molecule has 0 radical (unpaired) electrons. The van der Waals surface area contributed by atoms with Crippen LogP contribution in [0.15, 0.2) is 59.7 Å². The fraction of sp³-hybridized carbons (Fsp3) is 0.333. The standard InChI is InChI=1S/C18H24N4O.HI/c1-2-19-18(22-15-16-9-6-7-12-20-16)21-13-8-14-23-17-10-4-3-5-11-17;/h3-7,9-12H,2,8,13-15H2,1H3,(H2,19,21,22);1H. The predicted octanol–water partition coefficient (Wildman–Crippen LogP) is 3.22. The Hall–Kier alpha value is -1.83. The third-order valence-corrected chi connectivity index (χ3v) is 3.10. The van der Waals surface area contributed by atoms with Crippen LogP contribution in [0.4, 0.5) is 0 Å². The normalized spacial score (nSPS) is 10.6. The summed E-state index contributed by atoms with van der Waals surface area (Å²) in [6.45, 7) is 4.93. The molecule has 0 spiro atoms. The average molecular weight is 440 g/mol. The zero-order valence-electron chi connectivity index (χ0n) is 13.9. The topological polar surface area (TPSA) is 58.5 Å². The van der Waals surface area contributed by atoms with E-state index in [2.05, 4.69) is 27.5 Å². The van der Waals surface area contributed by atoms with Gasteiger partial charge in [0, 0.05) is 19.3 Å². The summed E-state index contributed by atoms with van der Waals surface area (Å²) in [4.78, 5) is 8.80. The molecule has 0 atom stereocenters.